The van der Waals surface area contributed by atoms with Gasteiger partial charge in [0.05, 0.1) is 66.1 Å². The Bertz CT molecular complexity index is 1450. The van der Waals surface area contributed by atoms with Crippen molar-refractivity contribution in [2.75, 3.05) is 28.4 Å². The van der Waals surface area contributed by atoms with Crippen LogP contribution in [-0.4, -0.2) is 139 Å². The highest BCUT2D eigenvalue weighted by Gasteiger charge is 2.64. The van der Waals surface area contributed by atoms with Crippen LogP contribution in [0.3, 0.4) is 0 Å². The van der Waals surface area contributed by atoms with Crippen molar-refractivity contribution in [1.82, 2.24) is 0 Å². The molecule has 6 rings (SSSR count). The molecule has 6 saturated heterocycles. The number of hydrogen-bond donors (Lipinski definition) is 3. The van der Waals surface area contributed by atoms with Crippen LogP contribution in [-0.2, 0) is 52.2 Å². The van der Waals surface area contributed by atoms with E-state index in [1.165, 1.54) is 6.92 Å². The normalized spacial score (nSPS) is 54.8. The molecule has 6 fully saturated rings. The molecule has 0 saturated carbocycles. The number of methoxy groups -OCH3 is 4. The van der Waals surface area contributed by atoms with E-state index in [0.29, 0.717) is 19.3 Å². The Kier molecular flexibility index (Phi) is 13.3. The maximum Gasteiger partial charge on any atom is 0.311 e. The summed E-state index contributed by atoms with van der Waals surface area (Å²) in [4.78, 5) is 12.2. The second-order valence-electron chi connectivity index (χ2n) is 19.9. The van der Waals surface area contributed by atoms with Crippen molar-refractivity contribution in [3.05, 3.63) is 0 Å². The first-order valence-electron chi connectivity index (χ1n) is 21.8. The van der Waals surface area contributed by atoms with Crippen LogP contribution in [0.5, 0.6) is 0 Å². The topological polar surface area (TPSA) is 170 Å². The molecule has 0 aromatic rings. The van der Waals surface area contributed by atoms with E-state index in [0.717, 1.165) is 12.8 Å². The van der Waals surface area contributed by atoms with Crippen molar-refractivity contribution >= 4 is 5.97 Å². The smallest absolute Gasteiger partial charge is 0.311 e. The zero-order valence-electron chi connectivity index (χ0n) is 37.8. The molecule has 14 heteroatoms. The molecule has 58 heavy (non-hydrogen) atoms. The first-order valence-corrected chi connectivity index (χ1v) is 21.8. The van der Waals surface area contributed by atoms with Crippen LogP contribution < -0.4 is 0 Å². The Labute approximate surface area is 346 Å². The number of aliphatic carboxylic acids is 1. The van der Waals surface area contributed by atoms with Gasteiger partial charge in [-0.05, 0) is 47.0 Å². The van der Waals surface area contributed by atoms with Gasteiger partial charge < -0.3 is 62.7 Å². The zero-order chi connectivity index (χ0) is 43.1. The van der Waals surface area contributed by atoms with E-state index in [-0.39, 0.29) is 66.0 Å². The van der Waals surface area contributed by atoms with Gasteiger partial charge in [-0.3, -0.25) is 4.79 Å². The van der Waals surface area contributed by atoms with Crippen molar-refractivity contribution < 1.29 is 67.5 Å². The standard InChI is InChI=1S/C44H76O14/c1-21-29(49-12)20-43(56-31(21)22(2)32-23(3)34(51-14)27(7)44(48,57-32)28(8)39(45)46)19-18-40(9,58-43)30-16-17-41(10,54-30)38-25(5)35(52-15)37(53-38)36-24(4)33(50-13)26(6)42(11,47)55-36/h21-38,47-48H,16-20H2,1-15H3,(H,45,46)/t21-,22-,23+,24+,25+,26-,27-,28-,29+,30?,31+,32-,33+,34+,35-,36+,37-,38-,40+,41+,42+,43-,44-/m1/s1. The number of carboxylic acid groups (broad SMARTS) is 1. The molecule has 3 N–H and O–H groups in total. The molecule has 14 nitrogen and oxygen atoms in total. The van der Waals surface area contributed by atoms with Crippen LogP contribution >= 0.6 is 0 Å². The van der Waals surface area contributed by atoms with E-state index in [1.54, 1.807) is 42.3 Å². The van der Waals surface area contributed by atoms with E-state index < -0.39 is 76.9 Å². The summed E-state index contributed by atoms with van der Waals surface area (Å²) < 4.78 is 65.4. The first kappa shape index (κ1) is 46.5. The molecule has 336 valence electrons. The summed E-state index contributed by atoms with van der Waals surface area (Å²) in [5.41, 5.74) is -1.32. The summed E-state index contributed by atoms with van der Waals surface area (Å²) in [5.74, 6) is -8.04. The number of carboxylic acids is 1. The van der Waals surface area contributed by atoms with Crippen LogP contribution in [0.25, 0.3) is 0 Å². The fraction of sp³-hybridized carbons (Fsp3) is 0.977. The van der Waals surface area contributed by atoms with Crippen molar-refractivity contribution in [2.45, 2.75) is 198 Å². The minimum absolute atomic E-state index is 0.0300. The van der Waals surface area contributed by atoms with Crippen LogP contribution in [0, 0.1) is 47.3 Å². The Morgan fingerprint density at radius 1 is 0.672 bits per heavy atom. The molecule has 23 atom stereocenters. The molecule has 0 amide bonds. The third-order valence-corrected chi connectivity index (χ3v) is 16.3. The zero-order valence-corrected chi connectivity index (χ0v) is 37.8. The quantitative estimate of drug-likeness (QED) is 0.249. The van der Waals surface area contributed by atoms with E-state index in [1.807, 2.05) is 20.8 Å². The highest BCUT2D eigenvalue weighted by atomic mass is 16.7. The molecule has 0 aromatic carbocycles. The Hall–Kier alpha value is -1.01. The average molecular weight is 829 g/mol. The highest BCUT2D eigenvalue weighted by molar-refractivity contribution is 5.70. The summed E-state index contributed by atoms with van der Waals surface area (Å²) in [5, 5.41) is 33.1. The molecule has 0 aliphatic carbocycles. The highest BCUT2D eigenvalue weighted by Crippen LogP contribution is 2.55. The number of aliphatic hydroxyl groups is 2. The van der Waals surface area contributed by atoms with Crippen molar-refractivity contribution in [1.29, 1.82) is 0 Å². The lowest BCUT2D eigenvalue weighted by molar-refractivity contribution is -0.366. The fourth-order valence-electron chi connectivity index (χ4n) is 12.5. The van der Waals surface area contributed by atoms with Gasteiger partial charge in [-0.25, -0.2) is 0 Å². The van der Waals surface area contributed by atoms with Gasteiger partial charge in [0, 0.05) is 82.7 Å². The molecular weight excluding hydrogens is 752 g/mol. The number of carbonyl (C=O) groups is 1. The monoisotopic (exact) mass is 829 g/mol. The maximum absolute atomic E-state index is 12.2. The van der Waals surface area contributed by atoms with Crippen LogP contribution in [0.4, 0.5) is 0 Å². The van der Waals surface area contributed by atoms with Crippen LogP contribution in [0.2, 0.25) is 0 Å². The summed E-state index contributed by atoms with van der Waals surface area (Å²) in [6, 6.07) is 0. The molecule has 0 radical (unpaired) electrons. The molecule has 0 aromatic heterocycles. The van der Waals surface area contributed by atoms with E-state index in [2.05, 4.69) is 34.6 Å². The Morgan fingerprint density at radius 3 is 1.86 bits per heavy atom. The predicted molar refractivity (Wildman–Crippen MR) is 212 cm³/mol. The second kappa shape index (κ2) is 16.6. The third kappa shape index (κ3) is 7.62. The maximum atomic E-state index is 12.2. The van der Waals surface area contributed by atoms with Gasteiger partial charge in [0.1, 0.15) is 12.0 Å². The summed E-state index contributed by atoms with van der Waals surface area (Å²) in [6.07, 6.45) is -0.175. The molecule has 1 unspecified atom stereocenters. The molecular formula is C44H76O14. The van der Waals surface area contributed by atoms with Crippen LogP contribution in [0.1, 0.15) is 108 Å². The van der Waals surface area contributed by atoms with Gasteiger partial charge in [0.25, 0.3) is 0 Å². The SMILES string of the molecule is CO[C@@H]1[C@H](C)[C@H]([C@]2(C)CCC([C@]3(C)CC[C@]4(C[C@H](OC)[C@@H](C)[C@@H]([C@@H](C)[C@H]5O[C@@](O)([C@H](C)C(=O)O)[C@H](C)[C@@H](OC)[C@H]5C)O4)O3)O2)O[C@H]1[C@H]1O[C@](C)(O)[C@H](C)[C@@H](OC)[C@@H]1C. The summed E-state index contributed by atoms with van der Waals surface area (Å²) in [7, 11) is 6.70. The van der Waals surface area contributed by atoms with Crippen LogP contribution in [0.15, 0.2) is 0 Å². The third-order valence-electron chi connectivity index (χ3n) is 16.3. The lowest BCUT2D eigenvalue weighted by Gasteiger charge is -2.55. The Morgan fingerprint density at radius 2 is 1.28 bits per heavy atom. The fourth-order valence-corrected chi connectivity index (χ4v) is 12.5. The lowest BCUT2D eigenvalue weighted by Crippen LogP contribution is -2.65. The average Bonchev–Trinajstić information content (AvgIpc) is 3.85. The van der Waals surface area contributed by atoms with E-state index in [4.69, 9.17) is 47.4 Å². The predicted octanol–water partition coefficient (Wildman–Crippen LogP) is 5.17. The van der Waals surface area contributed by atoms with Gasteiger partial charge in [0.15, 0.2) is 17.4 Å². The van der Waals surface area contributed by atoms with Gasteiger partial charge in [-0.2, -0.15) is 0 Å². The van der Waals surface area contributed by atoms with Crippen molar-refractivity contribution in [2.24, 2.45) is 47.3 Å². The van der Waals surface area contributed by atoms with Crippen molar-refractivity contribution in [3.63, 3.8) is 0 Å². The van der Waals surface area contributed by atoms with E-state index in [9.17, 15) is 20.1 Å². The minimum Gasteiger partial charge on any atom is -0.481 e. The van der Waals surface area contributed by atoms with Gasteiger partial charge in [-0.1, -0.05) is 48.5 Å². The lowest BCUT2D eigenvalue weighted by atomic mass is 9.71. The van der Waals surface area contributed by atoms with E-state index >= 15 is 0 Å². The number of hydrogen-bond acceptors (Lipinski definition) is 13. The first-order chi connectivity index (χ1) is 27.0. The summed E-state index contributed by atoms with van der Waals surface area (Å²) in [6.45, 7) is 21.6. The molecule has 0 bridgehead atoms. The molecule has 1 spiro atoms. The molecule has 6 heterocycles. The van der Waals surface area contributed by atoms with Gasteiger partial charge >= 0.3 is 5.97 Å². The molecule has 6 aliphatic rings. The minimum atomic E-state index is -1.95. The van der Waals surface area contributed by atoms with Crippen molar-refractivity contribution in [3.8, 4) is 0 Å². The number of rotatable bonds is 11. The van der Waals surface area contributed by atoms with Gasteiger partial charge in [0.2, 0.25) is 0 Å². The largest absolute Gasteiger partial charge is 0.481 e. The number of ether oxygens (including phenoxy) is 10. The summed E-state index contributed by atoms with van der Waals surface area (Å²) >= 11 is 0. The van der Waals surface area contributed by atoms with Gasteiger partial charge in [-0.15, -0.1) is 0 Å². The Balaban J connectivity index is 1.19. The molecule has 6 aliphatic heterocycles. The second-order valence-corrected chi connectivity index (χ2v) is 19.9.